The third-order valence-corrected chi connectivity index (χ3v) is 6.31. The zero-order valence-electron chi connectivity index (χ0n) is 15.2. The Morgan fingerprint density at radius 3 is 2.52 bits per heavy atom. The molecule has 0 bridgehead atoms. The van der Waals surface area contributed by atoms with E-state index < -0.39 is 15.9 Å². The molecule has 0 saturated carbocycles. The third kappa shape index (κ3) is 5.13. The summed E-state index contributed by atoms with van der Waals surface area (Å²) in [7, 11) is -2.51. The maximum atomic E-state index is 12.5. The molecule has 11 heteroatoms. The molecule has 1 N–H and O–H groups in total. The second-order valence-electron chi connectivity index (χ2n) is 5.98. The Kier molecular flexibility index (Phi) is 6.53. The lowest BCUT2D eigenvalue weighted by Crippen LogP contribution is -2.38. The molecule has 2 aromatic carbocycles. The van der Waals surface area contributed by atoms with Crippen molar-refractivity contribution in [3.8, 4) is 11.4 Å². The molecule has 0 aliphatic rings. The predicted octanol–water partition coefficient (Wildman–Crippen LogP) is 2.98. The molecule has 0 atom stereocenters. The van der Waals surface area contributed by atoms with Crippen LogP contribution in [-0.4, -0.2) is 42.4 Å². The highest BCUT2D eigenvalue weighted by Crippen LogP contribution is 2.24. The summed E-state index contributed by atoms with van der Waals surface area (Å²) >= 11 is 11.9. The molecule has 29 heavy (non-hydrogen) atoms. The maximum absolute atomic E-state index is 12.5. The van der Waals surface area contributed by atoms with Gasteiger partial charge in [-0.2, -0.15) is 9.29 Å². The number of nitrogens with one attached hydrogen (secondary N) is 1. The van der Waals surface area contributed by atoms with E-state index in [1.54, 1.807) is 24.3 Å². The number of carbonyl (C=O) groups excluding carboxylic acids is 1. The largest absolute Gasteiger partial charge is 0.346 e. The van der Waals surface area contributed by atoms with Gasteiger partial charge in [-0.15, -0.1) is 0 Å². The number of nitrogens with zero attached hydrogens (tertiary/aromatic N) is 3. The number of benzene rings is 2. The van der Waals surface area contributed by atoms with E-state index in [1.165, 1.54) is 31.3 Å². The summed E-state index contributed by atoms with van der Waals surface area (Å²) in [5.74, 6) is -0.0682. The van der Waals surface area contributed by atoms with Crippen LogP contribution < -0.4 is 5.32 Å². The number of rotatable bonds is 7. The summed E-state index contributed by atoms with van der Waals surface area (Å²) in [6.07, 6.45) is 0. The molecule has 0 aliphatic carbocycles. The van der Waals surface area contributed by atoms with Crippen LogP contribution in [0.15, 0.2) is 57.9 Å². The van der Waals surface area contributed by atoms with E-state index in [-0.39, 0.29) is 23.9 Å². The van der Waals surface area contributed by atoms with Crippen molar-refractivity contribution in [3.63, 3.8) is 0 Å². The van der Waals surface area contributed by atoms with E-state index in [0.29, 0.717) is 21.4 Å². The predicted molar refractivity (Wildman–Crippen MR) is 108 cm³/mol. The molecule has 1 amide bonds. The summed E-state index contributed by atoms with van der Waals surface area (Å²) in [5, 5.41) is 7.27. The van der Waals surface area contributed by atoms with Crippen LogP contribution in [0, 0.1) is 0 Å². The first-order chi connectivity index (χ1) is 13.8. The van der Waals surface area contributed by atoms with Gasteiger partial charge in [-0.3, -0.25) is 4.79 Å². The molecule has 8 nitrogen and oxygen atoms in total. The van der Waals surface area contributed by atoms with Gasteiger partial charge in [-0.25, -0.2) is 8.42 Å². The van der Waals surface area contributed by atoms with Crippen molar-refractivity contribution in [1.82, 2.24) is 19.8 Å². The van der Waals surface area contributed by atoms with Crippen molar-refractivity contribution in [1.29, 1.82) is 0 Å². The van der Waals surface area contributed by atoms with Crippen molar-refractivity contribution in [3.05, 3.63) is 64.5 Å². The maximum Gasteiger partial charge on any atom is 0.246 e. The molecule has 0 spiro atoms. The van der Waals surface area contributed by atoms with Gasteiger partial charge in [0.25, 0.3) is 0 Å². The van der Waals surface area contributed by atoms with E-state index in [0.717, 1.165) is 4.31 Å². The van der Waals surface area contributed by atoms with E-state index in [1.807, 2.05) is 0 Å². The fourth-order valence-electron chi connectivity index (χ4n) is 2.38. The monoisotopic (exact) mass is 454 g/mol. The van der Waals surface area contributed by atoms with Gasteiger partial charge < -0.3 is 9.84 Å². The number of amides is 1. The lowest BCUT2D eigenvalue weighted by Gasteiger charge is -2.16. The van der Waals surface area contributed by atoms with Crippen molar-refractivity contribution >= 4 is 39.1 Å². The first kappa shape index (κ1) is 21.3. The number of aromatic nitrogens is 2. The third-order valence-electron chi connectivity index (χ3n) is 3.91. The average molecular weight is 455 g/mol. The van der Waals surface area contributed by atoms with Crippen LogP contribution in [-0.2, 0) is 21.4 Å². The highest BCUT2D eigenvalue weighted by atomic mass is 35.5. The zero-order chi connectivity index (χ0) is 21.0. The van der Waals surface area contributed by atoms with Gasteiger partial charge in [0.2, 0.25) is 27.6 Å². The molecule has 0 saturated heterocycles. The second-order valence-corrected chi connectivity index (χ2v) is 8.87. The SMILES string of the molecule is CN(CC(=O)NCc1nc(-c2ccccc2Cl)no1)S(=O)(=O)c1ccc(Cl)cc1. The Morgan fingerprint density at radius 1 is 1.14 bits per heavy atom. The molecule has 0 fully saturated rings. The summed E-state index contributed by atoms with van der Waals surface area (Å²) in [5.41, 5.74) is 0.601. The van der Waals surface area contributed by atoms with Gasteiger partial charge in [-0.05, 0) is 36.4 Å². The minimum atomic E-state index is -3.82. The standard InChI is InChI=1S/C18H16Cl2N4O4S/c1-24(29(26,27)13-8-6-12(19)7-9-13)11-16(25)21-10-17-22-18(23-28-17)14-4-2-3-5-15(14)20/h2-9H,10-11H2,1H3,(H,21,25). The zero-order valence-corrected chi connectivity index (χ0v) is 17.5. The smallest absolute Gasteiger partial charge is 0.246 e. The highest BCUT2D eigenvalue weighted by molar-refractivity contribution is 7.89. The molecule has 152 valence electrons. The van der Waals surface area contributed by atoms with Gasteiger partial charge in [0.05, 0.1) is 23.0 Å². The normalized spacial score (nSPS) is 11.6. The number of likely N-dealkylation sites (N-methyl/N-ethyl adjacent to an activating group) is 1. The minimum Gasteiger partial charge on any atom is -0.346 e. The number of carbonyl (C=O) groups is 1. The van der Waals surface area contributed by atoms with Crippen molar-refractivity contribution in [2.75, 3.05) is 13.6 Å². The Morgan fingerprint density at radius 2 is 1.83 bits per heavy atom. The number of sulfonamides is 1. The van der Waals surface area contributed by atoms with Gasteiger partial charge >= 0.3 is 0 Å². The van der Waals surface area contributed by atoms with E-state index in [2.05, 4.69) is 15.5 Å². The van der Waals surface area contributed by atoms with Gasteiger partial charge in [0.1, 0.15) is 0 Å². The summed E-state index contributed by atoms with van der Waals surface area (Å²) in [6.45, 7) is -0.429. The van der Waals surface area contributed by atoms with Crippen molar-refractivity contribution in [2.24, 2.45) is 0 Å². The Balaban J connectivity index is 1.59. The Hall–Kier alpha value is -2.46. The fourth-order valence-corrected chi connectivity index (χ4v) is 3.86. The van der Waals surface area contributed by atoms with Crippen LogP contribution in [0.1, 0.15) is 5.89 Å². The van der Waals surface area contributed by atoms with Crippen LogP contribution in [0.5, 0.6) is 0 Å². The van der Waals surface area contributed by atoms with Crippen molar-refractivity contribution < 1.29 is 17.7 Å². The molecule has 0 aliphatic heterocycles. The molecule has 3 aromatic rings. The molecule has 3 rings (SSSR count). The average Bonchev–Trinajstić information content (AvgIpc) is 3.16. The summed E-state index contributed by atoms with van der Waals surface area (Å²) in [6, 6.07) is 12.7. The number of halogens is 2. The van der Waals surface area contributed by atoms with E-state index in [4.69, 9.17) is 27.7 Å². The van der Waals surface area contributed by atoms with Gasteiger partial charge in [0.15, 0.2) is 0 Å². The first-order valence-electron chi connectivity index (χ1n) is 8.33. The summed E-state index contributed by atoms with van der Waals surface area (Å²) < 4.78 is 31.0. The minimum absolute atomic E-state index is 0.0403. The molecular formula is C18H16Cl2N4O4S. The van der Waals surface area contributed by atoms with E-state index in [9.17, 15) is 13.2 Å². The summed E-state index contributed by atoms with van der Waals surface area (Å²) in [4.78, 5) is 16.4. The molecule has 0 unspecified atom stereocenters. The molecular weight excluding hydrogens is 439 g/mol. The van der Waals surface area contributed by atoms with Crippen LogP contribution in [0.2, 0.25) is 10.0 Å². The topological polar surface area (TPSA) is 105 Å². The second kappa shape index (κ2) is 8.91. The van der Waals surface area contributed by atoms with Gasteiger partial charge in [0, 0.05) is 17.6 Å². The molecule has 1 aromatic heterocycles. The van der Waals surface area contributed by atoms with Crippen LogP contribution >= 0.6 is 23.2 Å². The first-order valence-corrected chi connectivity index (χ1v) is 10.5. The molecule has 1 heterocycles. The van der Waals surface area contributed by atoms with Crippen LogP contribution in [0.25, 0.3) is 11.4 Å². The Labute approximate surface area is 177 Å². The van der Waals surface area contributed by atoms with Crippen molar-refractivity contribution in [2.45, 2.75) is 11.4 Å². The lowest BCUT2D eigenvalue weighted by atomic mass is 10.2. The van der Waals surface area contributed by atoms with E-state index >= 15 is 0 Å². The molecule has 0 radical (unpaired) electrons. The highest BCUT2D eigenvalue weighted by Gasteiger charge is 2.23. The van der Waals surface area contributed by atoms with Crippen LogP contribution in [0.3, 0.4) is 0 Å². The van der Waals surface area contributed by atoms with Crippen LogP contribution in [0.4, 0.5) is 0 Å². The van der Waals surface area contributed by atoms with Gasteiger partial charge in [-0.1, -0.05) is 40.5 Å². The quantitative estimate of drug-likeness (QED) is 0.587. The number of hydrogen-bond acceptors (Lipinski definition) is 6. The number of hydrogen-bond donors (Lipinski definition) is 1. The Bertz CT molecular complexity index is 1120. The lowest BCUT2D eigenvalue weighted by molar-refractivity contribution is -0.121. The fraction of sp³-hybridized carbons (Fsp3) is 0.167.